The minimum atomic E-state index is -0.195. The highest BCUT2D eigenvalue weighted by molar-refractivity contribution is 6.05. The summed E-state index contributed by atoms with van der Waals surface area (Å²) < 4.78 is 0. The molecule has 1 aromatic heterocycles. The van der Waals surface area contributed by atoms with Crippen molar-refractivity contribution >= 4 is 45.8 Å². The molecule has 1 amide bonds. The molecule has 0 atom stereocenters. The number of carbonyl (C=O) groups is 1. The third-order valence-electron chi connectivity index (χ3n) is 5.58. The van der Waals surface area contributed by atoms with E-state index < -0.39 is 0 Å². The Balaban J connectivity index is 1.45. The van der Waals surface area contributed by atoms with Crippen LogP contribution >= 0.6 is 0 Å². The molecule has 7 nitrogen and oxygen atoms in total. The molecular weight excluding hydrogens is 460 g/mol. The average Bonchev–Trinajstić information content (AvgIpc) is 2.90. The van der Waals surface area contributed by atoms with E-state index in [2.05, 4.69) is 38.0 Å². The molecule has 0 saturated carbocycles. The fourth-order valence-electron chi connectivity index (χ4n) is 3.77. The number of fused-ring (bicyclic) bond motifs is 1. The second kappa shape index (κ2) is 11.4. The van der Waals surface area contributed by atoms with E-state index in [-0.39, 0.29) is 5.91 Å². The fraction of sp³-hybridized carbons (Fsp3) is 0.0667. The van der Waals surface area contributed by atoms with Crippen molar-refractivity contribution in [3.05, 3.63) is 101 Å². The van der Waals surface area contributed by atoms with Crippen LogP contribution < -0.4 is 16.0 Å². The molecule has 0 aliphatic heterocycles. The van der Waals surface area contributed by atoms with Crippen LogP contribution in [0.25, 0.3) is 10.9 Å². The molecule has 4 rings (SSSR count). The van der Waals surface area contributed by atoms with Crippen molar-refractivity contribution in [2.45, 2.75) is 13.8 Å². The summed E-state index contributed by atoms with van der Waals surface area (Å²) in [6.07, 6.45) is 10.1. The lowest BCUT2D eigenvalue weighted by molar-refractivity contribution is 0.102. The van der Waals surface area contributed by atoms with Crippen LogP contribution in [0, 0.1) is 30.7 Å². The van der Waals surface area contributed by atoms with Crippen LogP contribution in [-0.2, 0) is 0 Å². The number of nitriles is 1. The molecule has 0 bridgehead atoms. The predicted molar refractivity (Wildman–Crippen MR) is 150 cm³/mol. The smallest absolute Gasteiger partial charge is 0.255 e. The number of aryl methyl sites for hydroxylation is 1. The standard InChI is InChI=1S/C30H24N6O/c1-4-32-15-13-21(3)34-23-6-8-24(9-7-23)36-30(37)26-11-10-25(17-20(26)2)35-29-14-16-33-28-12-5-22(19-31)18-27(28)29/h1,5-18,34H,2-3H3,(H,33,35)(H,36,37)/b21-13+,32-15?. The van der Waals surface area contributed by atoms with Gasteiger partial charge in [-0.25, -0.2) is 4.99 Å². The number of hydrogen-bond acceptors (Lipinski definition) is 6. The highest BCUT2D eigenvalue weighted by Crippen LogP contribution is 2.27. The van der Waals surface area contributed by atoms with Gasteiger partial charge in [0.05, 0.1) is 17.1 Å². The van der Waals surface area contributed by atoms with Gasteiger partial charge in [0.1, 0.15) is 0 Å². The normalized spacial score (nSPS) is 11.1. The minimum absolute atomic E-state index is 0.195. The van der Waals surface area contributed by atoms with Gasteiger partial charge in [0.2, 0.25) is 0 Å². The number of carbonyl (C=O) groups excluding carboxylic acids is 1. The largest absolute Gasteiger partial charge is 0.359 e. The van der Waals surface area contributed by atoms with Crippen LogP contribution in [0.5, 0.6) is 0 Å². The van der Waals surface area contributed by atoms with E-state index in [1.54, 1.807) is 30.6 Å². The number of rotatable bonds is 7. The summed E-state index contributed by atoms with van der Waals surface area (Å²) in [5, 5.41) is 19.6. The first-order chi connectivity index (χ1) is 18.0. The van der Waals surface area contributed by atoms with Gasteiger partial charge in [-0.15, -0.1) is 0 Å². The van der Waals surface area contributed by atoms with E-state index in [0.717, 1.165) is 39.2 Å². The number of amides is 1. The molecule has 0 aliphatic rings. The number of terminal acetylenes is 1. The van der Waals surface area contributed by atoms with Gasteiger partial charge in [0.25, 0.3) is 5.91 Å². The molecule has 1 heterocycles. The number of pyridine rings is 1. The third-order valence-corrected chi connectivity index (χ3v) is 5.58. The van der Waals surface area contributed by atoms with E-state index in [0.29, 0.717) is 16.8 Å². The molecule has 7 heteroatoms. The second-order valence-electron chi connectivity index (χ2n) is 8.27. The lowest BCUT2D eigenvalue weighted by Crippen LogP contribution is -2.13. The first-order valence-electron chi connectivity index (χ1n) is 11.5. The number of aromatic nitrogens is 1. The van der Waals surface area contributed by atoms with Gasteiger partial charge in [0.15, 0.2) is 0 Å². The maximum Gasteiger partial charge on any atom is 0.255 e. The Morgan fingerprint density at radius 3 is 2.43 bits per heavy atom. The van der Waals surface area contributed by atoms with E-state index >= 15 is 0 Å². The molecule has 0 radical (unpaired) electrons. The van der Waals surface area contributed by atoms with Crippen molar-refractivity contribution < 1.29 is 4.79 Å². The van der Waals surface area contributed by atoms with Crippen LogP contribution in [0.2, 0.25) is 0 Å². The highest BCUT2D eigenvalue weighted by atomic mass is 16.1. The first-order valence-corrected chi connectivity index (χ1v) is 11.5. The van der Waals surface area contributed by atoms with E-state index in [4.69, 9.17) is 6.42 Å². The SMILES string of the molecule is C#CN=C/C=C(\C)Nc1ccc(NC(=O)c2ccc(Nc3ccnc4ccc(C#N)cc34)cc2C)cc1. The molecule has 3 N–H and O–H groups in total. The molecule has 0 aliphatic carbocycles. The zero-order valence-corrected chi connectivity index (χ0v) is 20.4. The average molecular weight is 485 g/mol. The number of anilines is 4. The molecule has 3 aromatic carbocycles. The topological polar surface area (TPSA) is 102 Å². The van der Waals surface area contributed by atoms with Crippen molar-refractivity contribution in [2.75, 3.05) is 16.0 Å². The summed E-state index contributed by atoms with van der Waals surface area (Å²) in [4.78, 5) is 21.0. The molecule has 4 aromatic rings. The maximum atomic E-state index is 12.9. The van der Waals surface area contributed by atoms with Gasteiger partial charge in [-0.05, 0) is 92.2 Å². The monoisotopic (exact) mass is 484 g/mol. The van der Waals surface area contributed by atoms with E-state index in [9.17, 15) is 10.1 Å². The Bertz CT molecular complexity index is 1600. The van der Waals surface area contributed by atoms with Crippen LogP contribution in [0.4, 0.5) is 22.7 Å². The van der Waals surface area contributed by atoms with Crippen molar-refractivity contribution in [3.8, 4) is 18.5 Å². The van der Waals surface area contributed by atoms with Crippen molar-refractivity contribution in [3.63, 3.8) is 0 Å². The van der Waals surface area contributed by atoms with Crippen molar-refractivity contribution in [2.24, 2.45) is 4.99 Å². The summed E-state index contributed by atoms with van der Waals surface area (Å²) >= 11 is 0. The third kappa shape index (κ3) is 6.19. The van der Waals surface area contributed by atoms with Gasteiger partial charge in [-0.2, -0.15) is 5.26 Å². The number of benzene rings is 3. The fourth-order valence-corrected chi connectivity index (χ4v) is 3.77. The zero-order chi connectivity index (χ0) is 26.2. The molecule has 0 spiro atoms. The minimum Gasteiger partial charge on any atom is -0.359 e. The van der Waals surface area contributed by atoms with Gasteiger partial charge in [-0.3, -0.25) is 9.78 Å². The first kappa shape index (κ1) is 24.7. The van der Waals surface area contributed by atoms with Crippen molar-refractivity contribution in [1.29, 1.82) is 5.26 Å². The summed E-state index contributed by atoms with van der Waals surface area (Å²) in [6, 6.07) is 24.6. The van der Waals surface area contributed by atoms with E-state index in [1.807, 2.05) is 68.4 Å². The Morgan fingerprint density at radius 1 is 1.00 bits per heavy atom. The quantitative estimate of drug-likeness (QED) is 0.208. The summed E-state index contributed by atoms with van der Waals surface area (Å²) in [5.74, 6) is -0.195. The number of allylic oxidation sites excluding steroid dienone is 2. The van der Waals surface area contributed by atoms with Crippen LogP contribution in [0.15, 0.2) is 89.7 Å². The lowest BCUT2D eigenvalue weighted by Gasteiger charge is -2.13. The molecule has 0 saturated heterocycles. The molecule has 0 unspecified atom stereocenters. The second-order valence-corrected chi connectivity index (χ2v) is 8.27. The van der Waals surface area contributed by atoms with Gasteiger partial charge in [0, 0.05) is 57.9 Å². The summed E-state index contributed by atoms with van der Waals surface area (Å²) in [6.45, 7) is 3.80. The Kier molecular flexibility index (Phi) is 7.58. The van der Waals surface area contributed by atoms with Crippen molar-refractivity contribution in [1.82, 2.24) is 4.98 Å². The van der Waals surface area contributed by atoms with Gasteiger partial charge in [-0.1, -0.05) is 6.42 Å². The number of nitrogens with zero attached hydrogens (tertiary/aromatic N) is 3. The van der Waals surface area contributed by atoms with Gasteiger partial charge >= 0.3 is 0 Å². The number of aliphatic imine (C=N–C) groups is 1. The Morgan fingerprint density at radius 2 is 1.73 bits per heavy atom. The van der Waals surface area contributed by atoms with Crippen LogP contribution in [-0.4, -0.2) is 17.1 Å². The number of nitrogens with one attached hydrogen (secondary N) is 3. The van der Waals surface area contributed by atoms with E-state index in [1.165, 1.54) is 0 Å². The maximum absolute atomic E-state index is 12.9. The highest BCUT2D eigenvalue weighted by Gasteiger charge is 2.11. The van der Waals surface area contributed by atoms with Crippen LogP contribution in [0.3, 0.4) is 0 Å². The molecule has 37 heavy (non-hydrogen) atoms. The number of hydrogen-bond donors (Lipinski definition) is 3. The molecule has 0 fully saturated rings. The zero-order valence-electron chi connectivity index (χ0n) is 20.4. The van der Waals surface area contributed by atoms with Gasteiger partial charge < -0.3 is 16.0 Å². The Labute approximate surface area is 215 Å². The molecular formula is C30H24N6O. The van der Waals surface area contributed by atoms with Crippen LogP contribution in [0.1, 0.15) is 28.4 Å². The lowest BCUT2D eigenvalue weighted by atomic mass is 10.1. The molecule has 180 valence electrons. The Hall–Kier alpha value is -5.40. The summed E-state index contributed by atoms with van der Waals surface area (Å²) in [5.41, 5.74) is 6.86. The summed E-state index contributed by atoms with van der Waals surface area (Å²) in [7, 11) is 0. The predicted octanol–water partition coefficient (Wildman–Crippen LogP) is 6.39.